The molecule has 0 N–H and O–H groups in total. The number of hydrogen-bond donors (Lipinski definition) is 0. The van der Waals surface area contributed by atoms with Crippen LogP contribution in [0.1, 0.15) is 26.7 Å². The number of piperidine rings is 1. The van der Waals surface area contributed by atoms with Crippen molar-refractivity contribution in [2.24, 2.45) is 5.92 Å². The van der Waals surface area contributed by atoms with E-state index in [1.54, 1.807) is 12.2 Å². The van der Waals surface area contributed by atoms with E-state index < -0.39 is 10.1 Å². The molecule has 1 aliphatic rings. The summed E-state index contributed by atoms with van der Waals surface area (Å²) in [6.45, 7) is 8.81. The Hall–Kier alpha value is -0.287. The van der Waals surface area contributed by atoms with Gasteiger partial charge in [0.25, 0.3) is 10.1 Å². The van der Waals surface area contributed by atoms with Crippen LogP contribution >= 0.6 is 0 Å². The molecule has 0 aromatic rings. The third-order valence-electron chi connectivity index (χ3n) is 3.07. The minimum atomic E-state index is -3.62. The van der Waals surface area contributed by atoms with Crippen molar-refractivity contribution in [3.05, 3.63) is 40.6 Å². The van der Waals surface area contributed by atoms with Gasteiger partial charge in [-0.1, -0.05) is 37.1 Å². The smallest absolute Gasteiger partial charge is 0.662 e. The monoisotopic (exact) mass is 386 g/mol. The van der Waals surface area contributed by atoms with Gasteiger partial charge in [-0.3, -0.25) is 4.18 Å². The van der Waals surface area contributed by atoms with Gasteiger partial charge in [0.15, 0.2) is 0 Å². The maximum atomic E-state index is 11.9. The number of hydrogen-bond acceptors (Lipinski definition) is 3. The number of rotatable bonds is 6. The fourth-order valence-electron chi connectivity index (χ4n) is 1.67. The molecular weight excluding hydrogens is 363 g/mol. The van der Waals surface area contributed by atoms with E-state index in [2.05, 4.69) is 11.9 Å². The maximum Gasteiger partial charge on any atom is 1.00 e. The Kier molecular flexibility index (Phi) is 9.48. The molecule has 0 amide bonds. The van der Waals surface area contributed by atoms with E-state index in [9.17, 15) is 8.42 Å². The van der Waals surface area contributed by atoms with Crippen LogP contribution in [0.15, 0.2) is 35.3 Å². The molecule has 0 bridgehead atoms. The molecule has 1 radical (unpaired) electrons. The van der Waals surface area contributed by atoms with Crippen LogP contribution in [0.2, 0.25) is 0 Å². The zero-order valence-electron chi connectivity index (χ0n) is 12.0. The Balaban J connectivity index is 0.00000361. The zero-order chi connectivity index (χ0) is 14.3. The number of allylic oxidation sites excluding steroid dienone is 5. The first-order valence-corrected chi connectivity index (χ1v) is 7.87. The fourth-order valence-corrected chi connectivity index (χ4v) is 2.46. The summed E-state index contributed by atoms with van der Waals surface area (Å²) in [7, 11) is -3.62. The average Bonchev–Trinajstić information content (AvgIpc) is 2.43. The first-order valence-electron chi connectivity index (χ1n) is 6.46. The molecule has 0 aromatic heterocycles. The molecule has 6 heteroatoms. The van der Waals surface area contributed by atoms with E-state index in [-0.39, 0.29) is 36.9 Å². The maximum absolute atomic E-state index is 11.9. The SMILES string of the molecule is C=C/C(C)=C\C=C(/C)S(=O)(=O)OCC1CCC[N-]C1.[Ru+]. The second-order valence-corrected chi connectivity index (χ2v) is 6.56. The van der Waals surface area contributed by atoms with Gasteiger partial charge in [-0.25, -0.2) is 0 Å². The molecule has 20 heavy (non-hydrogen) atoms. The molecule has 1 heterocycles. The molecule has 0 spiro atoms. The van der Waals surface area contributed by atoms with Crippen molar-refractivity contribution in [3.8, 4) is 0 Å². The summed E-state index contributed by atoms with van der Waals surface area (Å²) in [5.41, 5.74) is 0.903. The Bertz CT molecular complexity index is 463. The van der Waals surface area contributed by atoms with E-state index in [0.717, 1.165) is 25.0 Å². The van der Waals surface area contributed by atoms with Crippen molar-refractivity contribution in [1.82, 2.24) is 0 Å². The van der Waals surface area contributed by atoms with Gasteiger partial charge in [-0.05, 0) is 25.8 Å². The van der Waals surface area contributed by atoms with Crippen LogP contribution < -0.4 is 0 Å². The topological polar surface area (TPSA) is 57.5 Å². The molecule has 4 nitrogen and oxygen atoms in total. The summed E-state index contributed by atoms with van der Waals surface area (Å²) >= 11 is 0. The van der Waals surface area contributed by atoms with Crippen molar-refractivity contribution >= 4 is 10.1 Å². The van der Waals surface area contributed by atoms with Gasteiger partial charge >= 0.3 is 19.5 Å². The van der Waals surface area contributed by atoms with Crippen molar-refractivity contribution in [1.29, 1.82) is 0 Å². The molecule has 1 unspecified atom stereocenters. The van der Waals surface area contributed by atoms with E-state index >= 15 is 0 Å². The molecule has 1 atom stereocenters. The van der Waals surface area contributed by atoms with Gasteiger partial charge in [0.1, 0.15) is 0 Å². The van der Waals surface area contributed by atoms with Crippen molar-refractivity contribution < 1.29 is 32.1 Å². The molecule has 0 saturated carbocycles. The molecule has 1 rings (SSSR count). The minimum Gasteiger partial charge on any atom is -0.662 e. The summed E-state index contributed by atoms with van der Waals surface area (Å²) in [5.74, 6) is 0.224. The van der Waals surface area contributed by atoms with Crippen LogP contribution in [0.25, 0.3) is 5.32 Å². The summed E-state index contributed by atoms with van der Waals surface area (Å²) in [6, 6.07) is 0. The third-order valence-corrected chi connectivity index (χ3v) is 4.44. The largest absolute Gasteiger partial charge is 1.00 e. The second kappa shape index (κ2) is 9.61. The first-order chi connectivity index (χ1) is 8.95. The fraction of sp³-hybridized carbons (Fsp3) is 0.571. The van der Waals surface area contributed by atoms with Crippen LogP contribution in [0.4, 0.5) is 0 Å². The van der Waals surface area contributed by atoms with Gasteiger partial charge in [-0.15, -0.1) is 13.1 Å². The van der Waals surface area contributed by atoms with E-state index in [0.29, 0.717) is 6.54 Å². The second-order valence-electron chi connectivity index (χ2n) is 4.77. The summed E-state index contributed by atoms with van der Waals surface area (Å²) in [6.07, 6.45) is 6.92. The standard InChI is InChI=1S/C14H22NO3S.Ru/c1-4-12(2)7-8-13(3)19(16,17)18-11-14-6-5-9-15-10-14;/h4,7-8,14H,1,5-6,9-11H2,2-3H3;/q-1;+1/b12-7-,13-8+;. The van der Waals surface area contributed by atoms with E-state index in [4.69, 9.17) is 4.18 Å². The van der Waals surface area contributed by atoms with E-state index in [1.165, 1.54) is 13.0 Å². The zero-order valence-corrected chi connectivity index (χ0v) is 14.5. The van der Waals surface area contributed by atoms with Gasteiger partial charge in [0, 0.05) is 0 Å². The van der Waals surface area contributed by atoms with Crippen molar-refractivity contribution in [3.63, 3.8) is 0 Å². The normalized spacial score (nSPS) is 21.2. The van der Waals surface area contributed by atoms with Crippen molar-refractivity contribution in [2.45, 2.75) is 26.7 Å². The summed E-state index contributed by atoms with van der Waals surface area (Å²) < 4.78 is 28.9. The van der Waals surface area contributed by atoms with Crippen LogP contribution in [-0.2, 0) is 33.8 Å². The third kappa shape index (κ3) is 6.93. The molecule has 1 aliphatic heterocycles. The van der Waals surface area contributed by atoms with Gasteiger partial charge in [-0.2, -0.15) is 8.42 Å². The van der Waals surface area contributed by atoms with Crippen LogP contribution in [-0.4, -0.2) is 28.1 Å². The van der Waals surface area contributed by atoms with Gasteiger partial charge < -0.3 is 5.32 Å². The van der Waals surface area contributed by atoms with Gasteiger partial charge in [0.05, 0.1) is 11.5 Å². The molecule has 0 aromatic carbocycles. The summed E-state index contributed by atoms with van der Waals surface area (Å²) in [4.78, 5) is 0.210. The Morgan fingerprint density at radius 1 is 1.40 bits per heavy atom. The van der Waals surface area contributed by atoms with Crippen LogP contribution in [0, 0.1) is 5.92 Å². The van der Waals surface area contributed by atoms with Crippen molar-refractivity contribution in [2.75, 3.05) is 19.7 Å². The van der Waals surface area contributed by atoms with Crippen LogP contribution in [0.3, 0.4) is 0 Å². The molecular formula is C14H22NO3RuS. The Morgan fingerprint density at radius 2 is 2.10 bits per heavy atom. The van der Waals surface area contributed by atoms with E-state index in [1.807, 2.05) is 6.92 Å². The molecule has 1 fully saturated rings. The molecule has 1 saturated heterocycles. The molecule has 0 aliphatic carbocycles. The average molecular weight is 385 g/mol. The Morgan fingerprint density at radius 3 is 2.65 bits per heavy atom. The summed E-state index contributed by atoms with van der Waals surface area (Å²) in [5, 5.41) is 4.26. The minimum absolute atomic E-state index is 0. The molecule has 115 valence electrons. The predicted octanol–water partition coefficient (Wildman–Crippen LogP) is 3.15. The van der Waals surface area contributed by atoms with Gasteiger partial charge in [0.2, 0.25) is 0 Å². The quantitative estimate of drug-likeness (QED) is 0.401. The van der Waals surface area contributed by atoms with Crippen LogP contribution in [0.5, 0.6) is 0 Å². The number of nitrogens with zero attached hydrogens (tertiary/aromatic N) is 1. The predicted molar refractivity (Wildman–Crippen MR) is 78.4 cm³/mol. The Labute approximate surface area is 135 Å². The first kappa shape index (κ1) is 19.7.